The SMILES string of the molecule is O=C1CC(c2c(F)cccc2F)c2sc(C(=O)O)c(-c3ccc(Cl)cc3)c2N1. The molecule has 0 radical (unpaired) electrons. The molecule has 1 unspecified atom stereocenters. The number of rotatable bonds is 3. The Hall–Kier alpha value is -2.77. The van der Waals surface area contributed by atoms with Crippen LogP contribution in [-0.4, -0.2) is 17.0 Å². The van der Waals surface area contributed by atoms with Crippen molar-refractivity contribution in [2.45, 2.75) is 12.3 Å². The van der Waals surface area contributed by atoms with Crippen LogP contribution in [0, 0.1) is 11.6 Å². The second-order valence-corrected chi connectivity index (χ2v) is 7.79. The molecule has 2 aromatic carbocycles. The van der Waals surface area contributed by atoms with Gasteiger partial charge in [0.25, 0.3) is 0 Å². The number of fused-ring (bicyclic) bond motifs is 1. The van der Waals surface area contributed by atoms with E-state index in [1.165, 1.54) is 6.07 Å². The summed E-state index contributed by atoms with van der Waals surface area (Å²) in [6.45, 7) is 0. The van der Waals surface area contributed by atoms with Gasteiger partial charge in [-0.3, -0.25) is 4.79 Å². The molecule has 28 heavy (non-hydrogen) atoms. The molecule has 1 aliphatic heterocycles. The normalized spacial score (nSPS) is 15.8. The number of nitrogens with one attached hydrogen (secondary N) is 1. The molecule has 0 fully saturated rings. The molecule has 0 spiro atoms. The summed E-state index contributed by atoms with van der Waals surface area (Å²) in [4.78, 5) is 24.6. The molecule has 0 saturated heterocycles. The molecular weight excluding hydrogens is 408 g/mol. The molecule has 4 nitrogen and oxygen atoms in total. The Morgan fingerprint density at radius 3 is 2.39 bits per heavy atom. The number of anilines is 1. The first-order valence-corrected chi connectivity index (χ1v) is 9.46. The topological polar surface area (TPSA) is 66.4 Å². The maximum Gasteiger partial charge on any atom is 0.346 e. The summed E-state index contributed by atoms with van der Waals surface area (Å²) in [5, 5.41) is 12.8. The van der Waals surface area contributed by atoms with Crippen molar-refractivity contribution in [3.8, 4) is 11.1 Å². The number of thiophene rings is 1. The lowest BCUT2D eigenvalue weighted by Gasteiger charge is -2.24. The van der Waals surface area contributed by atoms with Crippen molar-refractivity contribution in [3.05, 3.63) is 74.4 Å². The molecule has 0 saturated carbocycles. The zero-order chi connectivity index (χ0) is 20.0. The maximum atomic E-state index is 14.4. The lowest BCUT2D eigenvalue weighted by molar-refractivity contribution is -0.116. The van der Waals surface area contributed by atoms with Crippen molar-refractivity contribution in [3.63, 3.8) is 0 Å². The molecule has 8 heteroatoms. The summed E-state index contributed by atoms with van der Waals surface area (Å²) in [6, 6.07) is 9.96. The monoisotopic (exact) mass is 419 g/mol. The van der Waals surface area contributed by atoms with E-state index < -0.39 is 29.4 Å². The number of hydrogen-bond acceptors (Lipinski definition) is 3. The van der Waals surface area contributed by atoms with Crippen LogP contribution in [0.1, 0.15) is 32.5 Å². The molecular formula is C20H12ClF2NO3S. The summed E-state index contributed by atoms with van der Waals surface area (Å²) >= 11 is 6.82. The van der Waals surface area contributed by atoms with Gasteiger partial charge in [0.15, 0.2) is 0 Å². The van der Waals surface area contributed by atoms with Crippen molar-refractivity contribution in [1.82, 2.24) is 0 Å². The Labute approximate surface area is 167 Å². The first-order chi connectivity index (χ1) is 13.4. The zero-order valence-corrected chi connectivity index (χ0v) is 15.7. The number of hydrogen-bond donors (Lipinski definition) is 2. The van der Waals surface area contributed by atoms with Crippen molar-refractivity contribution in [2.75, 3.05) is 5.32 Å². The maximum absolute atomic E-state index is 14.4. The Morgan fingerprint density at radius 2 is 1.79 bits per heavy atom. The number of carboxylic acid groups (broad SMARTS) is 1. The zero-order valence-electron chi connectivity index (χ0n) is 14.1. The van der Waals surface area contributed by atoms with Gasteiger partial charge in [-0.15, -0.1) is 11.3 Å². The van der Waals surface area contributed by atoms with Gasteiger partial charge in [0.05, 0.1) is 5.69 Å². The highest BCUT2D eigenvalue weighted by Gasteiger charge is 2.36. The Balaban J connectivity index is 1.98. The second-order valence-electron chi connectivity index (χ2n) is 6.30. The van der Waals surface area contributed by atoms with Gasteiger partial charge in [-0.2, -0.15) is 0 Å². The van der Waals surface area contributed by atoms with Crippen LogP contribution in [0.5, 0.6) is 0 Å². The van der Waals surface area contributed by atoms with Crippen LogP contribution in [0.4, 0.5) is 14.5 Å². The van der Waals surface area contributed by atoms with Crippen LogP contribution >= 0.6 is 22.9 Å². The summed E-state index contributed by atoms with van der Waals surface area (Å²) in [5.41, 5.74) is 0.876. The minimum atomic E-state index is -1.19. The van der Waals surface area contributed by atoms with E-state index in [2.05, 4.69) is 5.32 Å². The average molecular weight is 420 g/mol. The fourth-order valence-electron chi connectivity index (χ4n) is 3.41. The van der Waals surface area contributed by atoms with E-state index >= 15 is 0 Å². The third-order valence-corrected chi connectivity index (χ3v) is 6.12. The molecule has 3 aromatic rings. The lowest BCUT2D eigenvalue weighted by atomic mass is 9.88. The highest BCUT2D eigenvalue weighted by Crippen LogP contribution is 2.50. The van der Waals surface area contributed by atoms with Crippen LogP contribution in [0.3, 0.4) is 0 Å². The standard InChI is InChI=1S/C20H12ClF2NO3S/c21-10-6-4-9(5-7-10)15-17-18(28-19(15)20(26)27)11(8-14(25)24-17)16-12(22)2-1-3-13(16)23/h1-7,11H,8H2,(H,24,25)(H,26,27). The van der Waals surface area contributed by atoms with Gasteiger partial charge in [-0.1, -0.05) is 29.8 Å². The smallest absolute Gasteiger partial charge is 0.346 e. The van der Waals surface area contributed by atoms with E-state index in [4.69, 9.17) is 11.6 Å². The van der Waals surface area contributed by atoms with Crippen LogP contribution in [0.2, 0.25) is 5.02 Å². The van der Waals surface area contributed by atoms with Crippen LogP contribution < -0.4 is 5.32 Å². The molecule has 1 aliphatic rings. The molecule has 1 amide bonds. The number of halogens is 3. The summed E-state index contributed by atoms with van der Waals surface area (Å²) in [6.07, 6.45) is -0.176. The molecule has 4 rings (SSSR count). The van der Waals surface area contributed by atoms with Gasteiger partial charge in [0.1, 0.15) is 16.5 Å². The number of aromatic carboxylic acids is 1. The van der Waals surface area contributed by atoms with Crippen molar-refractivity contribution >= 4 is 40.5 Å². The molecule has 0 aliphatic carbocycles. The van der Waals surface area contributed by atoms with Gasteiger partial charge < -0.3 is 10.4 Å². The van der Waals surface area contributed by atoms with Crippen LogP contribution in [-0.2, 0) is 4.79 Å². The van der Waals surface area contributed by atoms with Crippen molar-refractivity contribution in [2.24, 2.45) is 0 Å². The van der Waals surface area contributed by atoms with E-state index in [1.54, 1.807) is 24.3 Å². The predicted molar refractivity (Wildman–Crippen MR) is 103 cm³/mol. The highest BCUT2D eigenvalue weighted by atomic mass is 35.5. The Bertz CT molecular complexity index is 1090. The average Bonchev–Trinajstić information content (AvgIpc) is 3.02. The highest BCUT2D eigenvalue weighted by molar-refractivity contribution is 7.15. The van der Waals surface area contributed by atoms with E-state index in [0.29, 0.717) is 21.0 Å². The number of amides is 1. The van der Waals surface area contributed by atoms with Crippen LogP contribution in [0.25, 0.3) is 11.1 Å². The molecule has 2 N–H and O–H groups in total. The Morgan fingerprint density at radius 1 is 1.14 bits per heavy atom. The number of carbonyl (C=O) groups excluding carboxylic acids is 1. The first-order valence-electron chi connectivity index (χ1n) is 8.26. The fraction of sp³-hybridized carbons (Fsp3) is 0.100. The molecule has 142 valence electrons. The fourth-order valence-corrected chi connectivity index (χ4v) is 4.76. The summed E-state index contributed by atoms with van der Waals surface area (Å²) in [5.74, 6) is -4.08. The quantitative estimate of drug-likeness (QED) is 0.587. The largest absolute Gasteiger partial charge is 0.477 e. The van der Waals surface area contributed by atoms with Gasteiger partial charge in [0, 0.05) is 33.4 Å². The van der Waals surface area contributed by atoms with E-state index in [1.807, 2.05) is 0 Å². The van der Waals surface area contributed by atoms with Gasteiger partial charge in [0.2, 0.25) is 5.91 Å². The van der Waals surface area contributed by atoms with Gasteiger partial charge in [-0.25, -0.2) is 13.6 Å². The van der Waals surface area contributed by atoms with Gasteiger partial charge in [-0.05, 0) is 29.8 Å². The number of carboxylic acids is 1. The Kier molecular flexibility index (Phi) is 4.64. The third-order valence-electron chi connectivity index (χ3n) is 4.58. The molecule has 0 bridgehead atoms. The molecule has 1 atom stereocenters. The van der Waals surface area contributed by atoms with E-state index in [9.17, 15) is 23.5 Å². The minimum absolute atomic E-state index is 0.0173. The van der Waals surface area contributed by atoms with E-state index in [0.717, 1.165) is 23.5 Å². The van der Waals surface area contributed by atoms with Crippen molar-refractivity contribution in [1.29, 1.82) is 0 Å². The first kappa shape index (κ1) is 18.6. The summed E-state index contributed by atoms with van der Waals surface area (Å²) < 4.78 is 28.8. The second kappa shape index (κ2) is 7.00. The molecule has 1 aromatic heterocycles. The minimum Gasteiger partial charge on any atom is -0.477 e. The summed E-state index contributed by atoms with van der Waals surface area (Å²) in [7, 11) is 0. The van der Waals surface area contributed by atoms with E-state index in [-0.39, 0.29) is 22.5 Å². The predicted octanol–water partition coefficient (Wildman–Crippen LogP) is 5.52. The van der Waals surface area contributed by atoms with Gasteiger partial charge >= 0.3 is 5.97 Å². The lowest BCUT2D eigenvalue weighted by Crippen LogP contribution is -2.23. The third kappa shape index (κ3) is 3.06. The van der Waals surface area contributed by atoms with Crippen LogP contribution in [0.15, 0.2) is 42.5 Å². The molecule has 2 heterocycles. The number of carbonyl (C=O) groups is 2. The van der Waals surface area contributed by atoms with Crippen molar-refractivity contribution < 1.29 is 23.5 Å². The number of benzene rings is 2.